The van der Waals surface area contributed by atoms with Crippen LogP contribution in [0.25, 0.3) is 0 Å². The van der Waals surface area contributed by atoms with E-state index < -0.39 is 15.8 Å². The van der Waals surface area contributed by atoms with Gasteiger partial charge in [-0.25, -0.2) is 12.8 Å². The van der Waals surface area contributed by atoms with Crippen LogP contribution in [0.1, 0.15) is 18.9 Å². The van der Waals surface area contributed by atoms with Crippen molar-refractivity contribution in [3.63, 3.8) is 0 Å². The summed E-state index contributed by atoms with van der Waals surface area (Å²) in [6, 6.07) is 2.02. The van der Waals surface area contributed by atoms with Crippen molar-refractivity contribution < 1.29 is 17.6 Å². The number of hydrogen-bond donors (Lipinski definition) is 2. The van der Waals surface area contributed by atoms with Gasteiger partial charge in [-0.1, -0.05) is 0 Å². The summed E-state index contributed by atoms with van der Waals surface area (Å²) in [4.78, 5) is 10.8. The normalized spacial score (nSPS) is 19.7. The fraction of sp³-hybridized carbons (Fsp3) is 0.462. The molecule has 8 heteroatoms. The Labute approximate surface area is 123 Å². The third-order valence-electron chi connectivity index (χ3n) is 3.55. The molecule has 2 rings (SSSR count). The summed E-state index contributed by atoms with van der Waals surface area (Å²) in [5, 5.41) is 2.68. The number of sulfonamides is 1. The van der Waals surface area contributed by atoms with Gasteiger partial charge in [-0.05, 0) is 25.5 Å². The van der Waals surface area contributed by atoms with Crippen LogP contribution in [-0.2, 0) is 14.8 Å². The van der Waals surface area contributed by atoms with Gasteiger partial charge in [-0.2, -0.15) is 4.31 Å². The maximum atomic E-state index is 13.7. The second-order valence-electron chi connectivity index (χ2n) is 5.17. The Morgan fingerprint density at radius 3 is 2.71 bits per heavy atom. The Balaban J connectivity index is 2.25. The van der Waals surface area contributed by atoms with Gasteiger partial charge in [0.1, 0.15) is 5.82 Å². The van der Waals surface area contributed by atoms with E-state index in [1.165, 1.54) is 24.2 Å². The third kappa shape index (κ3) is 3.16. The number of amides is 1. The van der Waals surface area contributed by atoms with E-state index >= 15 is 0 Å². The summed E-state index contributed by atoms with van der Waals surface area (Å²) in [5.74, 6) is -0.851. The second-order valence-corrected chi connectivity index (χ2v) is 7.11. The number of benzene rings is 1. The van der Waals surface area contributed by atoms with Gasteiger partial charge < -0.3 is 11.1 Å². The lowest BCUT2D eigenvalue weighted by atomic mass is 10.2. The maximum Gasteiger partial charge on any atom is 0.243 e. The summed E-state index contributed by atoms with van der Waals surface area (Å²) in [7, 11) is -3.81. The summed E-state index contributed by atoms with van der Waals surface area (Å²) in [6.45, 7) is 3.33. The fourth-order valence-corrected chi connectivity index (χ4v) is 3.87. The highest BCUT2D eigenvalue weighted by Crippen LogP contribution is 2.26. The highest BCUT2D eigenvalue weighted by atomic mass is 32.2. The van der Waals surface area contributed by atoms with Crippen molar-refractivity contribution in [2.75, 3.05) is 18.8 Å². The van der Waals surface area contributed by atoms with Crippen LogP contribution in [0.15, 0.2) is 17.0 Å². The van der Waals surface area contributed by atoms with Crippen molar-refractivity contribution in [1.29, 1.82) is 0 Å². The van der Waals surface area contributed by atoms with Crippen LogP contribution in [0.2, 0.25) is 0 Å². The molecule has 1 aliphatic rings. The minimum Gasteiger partial charge on any atom is -0.398 e. The van der Waals surface area contributed by atoms with Crippen LogP contribution >= 0.6 is 0 Å². The summed E-state index contributed by atoms with van der Waals surface area (Å²) in [6.07, 6.45) is 0.530. The van der Waals surface area contributed by atoms with Crippen molar-refractivity contribution >= 4 is 21.6 Å². The first-order chi connectivity index (χ1) is 9.71. The lowest BCUT2D eigenvalue weighted by molar-refractivity contribution is -0.119. The minimum absolute atomic E-state index is 0.103. The highest BCUT2D eigenvalue weighted by Gasteiger charge is 2.33. The molecule has 1 aliphatic heterocycles. The van der Waals surface area contributed by atoms with Crippen molar-refractivity contribution in [3.8, 4) is 0 Å². The molecular weight excluding hydrogens is 297 g/mol. The van der Waals surface area contributed by atoms with Crippen LogP contribution in [0, 0.1) is 12.7 Å². The molecule has 1 atom stereocenters. The molecular formula is C13H18FN3O3S. The number of anilines is 1. The number of nitrogens with zero attached hydrogens (tertiary/aromatic N) is 1. The standard InChI is InChI=1S/C13H18FN3O3S/c1-8-12(14)5-11(6-13(8)15)21(19,20)17-4-3-10(7-17)16-9(2)18/h5-6,10H,3-4,7,15H2,1-2H3,(H,16,18). The van der Waals surface area contributed by atoms with Crippen LogP contribution in [-0.4, -0.2) is 37.8 Å². The molecule has 1 heterocycles. The van der Waals surface area contributed by atoms with Crippen LogP contribution in [0.3, 0.4) is 0 Å². The molecule has 21 heavy (non-hydrogen) atoms. The zero-order chi connectivity index (χ0) is 15.8. The van der Waals surface area contributed by atoms with Crippen molar-refractivity contribution in [3.05, 3.63) is 23.5 Å². The molecule has 1 aromatic carbocycles. The topological polar surface area (TPSA) is 92.5 Å². The fourth-order valence-electron chi connectivity index (χ4n) is 2.32. The van der Waals surface area contributed by atoms with E-state index in [0.717, 1.165) is 6.07 Å². The van der Waals surface area contributed by atoms with Crippen LogP contribution in [0.4, 0.5) is 10.1 Å². The third-order valence-corrected chi connectivity index (χ3v) is 5.40. The van der Waals surface area contributed by atoms with Crippen molar-refractivity contribution in [2.24, 2.45) is 0 Å². The van der Waals surface area contributed by atoms with E-state index in [-0.39, 0.29) is 41.2 Å². The zero-order valence-corrected chi connectivity index (χ0v) is 12.7. The van der Waals surface area contributed by atoms with Crippen molar-refractivity contribution in [2.45, 2.75) is 31.2 Å². The van der Waals surface area contributed by atoms with E-state index in [4.69, 9.17) is 5.73 Å². The Morgan fingerprint density at radius 2 is 2.14 bits per heavy atom. The average molecular weight is 315 g/mol. The molecule has 6 nitrogen and oxygen atoms in total. The molecule has 1 saturated heterocycles. The molecule has 0 aromatic heterocycles. The van der Waals surface area contributed by atoms with Gasteiger partial charge in [-0.3, -0.25) is 4.79 Å². The van der Waals surface area contributed by atoms with E-state index in [0.29, 0.717) is 6.42 Å². The number of nitrogen functional groups attached to an aromatic ring is 1. The largest absolute Gasteiger partial charge is 0.398 e. The Morgan fingerprint density at radius 1 is 1.48 bits per heavy atom. The summed E-state index contributed by atoms with van der Waals surface area (Å²) >= 11 is 0. The van der Waals surface area contributed by atoms with Gasteiger partial charge in [0.05, 0.1) is 4.90 Å². The maximum absolute atomic E-state index is 13.7. The van der Waals surface area contributed by atoms with E-state index in [9.17, 15) is 17.6 Å². The molecule has 0 spiro atoms. The molecule has 116 valence electrons. The molecule has 3 N–H and O–H groups in total. The quantitative estimate of drug-likeness (QED) is 0.800. The molecule has 0 bridgehead atoms. The number of rotatable bonds is 3. The molecule has 0 aliphatic carbocycles. The molecule has 1 fully saturated rings. The number of halogens is 1. The second kappa shape index (κ2) is 5.61. The lowest BCUT2D eigenvalue weighted by Crippen LogP contribution is -2.37. The van der Waals surface area contributed by atoms with Gasteiger partial charge in [0.25, 0.3) is 0 Å². The molecule has 1 aromatic rings. The lowest BCUT2D eigenvalue weighted by Gasteiger charge is -2.17. The zero-order valence-electron chi connectivity index (χ0n) is 11.9. The van der Waals surface area contributed by atoms with Crippen LogP contribution < -0.4 is 11.1 Å². The number of nitrogens with two attached hydrogens (primary N) is 1. The van der Waals surface area contributed by atoms with Crippen LogP contribution in [0.5, 0.6) is 0 Å². The van der Waals surface area contributed by atoms with Gasteiger partial charge >= 0.3 is 0 Å². The number of carbonyl (C=O) groups excluding carboxylic acids is 1. The van der Waals surface area contributed by atoms with Gasteiger partial charge in [0, 0.05) is 37.3 Å². The average Bonchev–Trinajstić information content (AvgIpc) is 2.83. The smallest absolute Gasteiger partial charge is 0.243 e. The number of carbonyl (C=O) groups is 1. The first-order valence-electron chi connectivity index (χ1n) is 6.54. The predicted molar refractivity (Wildman–Crippen MR) is 76.5 cm³/mol. The van der Waals surface area contributed by atoms with Gasteiger partial charge in [-0.15, -0.1) is 0 Å². The molecule has 1 unspecified atom stereocenters. The predicted octanol–water partition coefficient (Wildman–Crippen LogP) is 0.615. The van der Waals surface area contributed by atoms with Crippen molar-refractivity contribution in [1.82, 2.24) is 9.62 Å². The molecule has 0 saturated carbocycles. The van der Waals surface area contributed by atoms with E-state index in [1.807, 2.05) is 0 Å². The molecule has 0 radical (unpaired) electrons. The summed E-state index contributed by atoms with van der Waals surface area (Å²) in [5.41, 5.74) is 5.96. The van der Waals surface area contributed by atoms with Gasteiger partial charge in [0.15, 0.2) is 0 Å². The first-order valence-corrected chi connectivity index (χ1v) is 7.98. The Kier molecular flexibility index (Phi) is 4.20. The monoisotopic (exact) mass is 315 g/mol. The first kappa shape index (κ1) is 15.7. The highest BCUT2D eigenvalue weighted by molar-refractivity contribution is 7.89. The SMILES string of the molecule is CC(=O)NC1CCN(S(=O)(=O)c2cc(N)c(C)c(F)c2)C1. The Bertz CT molecular complexity index is 652. The van der Waals surface area contributed by atoms with E-state index in [1.54, 1.807) is 0 Å². The molecule has 1 amide bonds. The number of nitrogens with one attached hydrogen (secondary N) is 1. The number of hydrogen-bond acceptors (Lipinski definition) is 4. The minimum atomic E-state index is -3.81. The Hall–Kier alpha value is -1.67. The van der Waals surface area contributed by atoms with Gasteiger partial charge in [0.2, 0.25) is 15.9 Å². The van der Waals surface area contributed by atoms with E-state index in [2.05, 4.69) is 5.32 Å². The summed E-state index contributed by atoms with van der Waals surface area (Å²) < 4.78 is 39.9.